The van der Waals surface area contributed by atoms with Crippen molar-refractivity contribution in [1.29, 1.82) is 0 Å². The first-order valence-electron chi connectivity index (χ1n) is 8.26. The van der Waals surface area contributed by atoms with Crippen molar-refractivity contribution >= 4 is 5.82 Å². The zero-order chi connectivity index (χ0) is 15.9. The van der Waals surface area contributed by atoms with Crippen molar-refractivity contribution in [3.63, 3.8) is 0 Å². The van der Waals surface area contributed by atoms with E-state index in [4.69, 9.17) is 0 Å². The molecule has 1 saturated heterocycles. The number of rotatable bonds is 6. The second kappa shape index (κ2) is 8.04. The number of hydrogen-bond acceptors (Lipinski definition) is 5. The fraction of sp³-hybridized carbons (Fsp3) is 0.444. The lowest BCUT2D eigenvalue weighted by molar-refractivity contribution is 0.0909. The Hall–Kier alpha value is -1.98. The van der Waals surface area contributed by atoms with Crippen LogP contribution >= 0.6 is 0 Å². The fourth-order valence-electron chi connectivity index (χ4n) is 3.04. The van der Waals surface area contributed by atoms with Gasteiger partial charge < -0.3 is 15.3 Å². The average molecular weight is 312 g/mol. The molecule has 1 aliphatic rings. The first-order chi connectivity index (χ1) is 11.3. The van der Waals surface area contributed by atoms with Crippen LogP contribution in [0.25, 0.3) is 0 Å². The molecular formula is C18H24N4O. The number of nitrogens with one attached hydrogen (secondary N) is 1. The van der Waals surface area contributed by atoms with Crippen LogP contribution in [-0.4, -0.2) is 46.2 Å². The van der Waals surface area contributed by atoms with Crippen molar-refractivity contribution < 1.29 is 5.11 Å². The van der Waals surface area contributed by atoms with Gasteiger partial charge in [0, 0.05) is 25.5 Å². The third kappa shape index (κ3) is 4.74. The summed E-state index contributed by atoms with van der Waals surface area (Å²) in [5.41, 5.74) is 0.999. The molecule has 0 aliphatic carbocycles. The quantitative estimate of drug-likeness (QED) is 0.857. The fourth-order valence-corrected chi connectivity index (χ4v) is 3.04. The second-order valence-corrected chi connectivity index (χ2v) is 6.14. The molecule has 1 aromatic carbocycles. The number of β-amino-alcohol motifs (C(OH)–C–C–N with tert-alkyl or cyclic N) is 1. The molecule has 0 unspecified atom stereocenters. The predicted octanol–water partition coefficient (Wildman–Crippen LogP) is 2.33. The van der Waals surface area contributed by atoms with Crippen LogP contribution in [0, 0.1) is 5.92 Å². The molecule has 2 heterocycles. The molecule has 1 fully saturated rings. The minimum absolute atomic E-state index is 0.398. The SMILES string of the molecule is O[C@@H](CN1CCC(CNc2cnccn2)CC1)c1ccccc1. The van der Waals surface area contributed by atoms with Crippen LogP contribution in [0.3, 0.4) is 0 Å². The molecule has 0 bridgehead atoms. The molecule has 0 radical (unpaired) electrons. The number of likely N-dealkylation sites (tertiary alicyclic amines) is 1. The van der Waals surface area contributed by atoms with Crippen LogP contribution in [0.2, 0.25) is 0 Å². The van der Waals surface area contributed by atoms with E-state index in [1.165, 1.54) is 0 Å². The summed E-state index contributed by atoms with van der Waals surface area (Å²) in [5, 5.41) is 13.7. The van der Waals surface area contributed by atoms with E-state index in [1.807, 2.05) is 30.3 Å². The van der Waals surface area contributed by atoms with E-state index in [-0.39, 0.29) is 0 Å². The monoisotopic (exact) mass is 312 g/mol. The zero-order valence-corrected chi connectivity index (χ0v) is 13.3. The highest BCUT2D eigenvalue weighted by molar-refractivity contribution is 5.29. The summed E-state index contributed by atoms with van der Waals surface area (Å²) in [6.07, 6.45) is 7.04. The van der Waals surface area contributed by atoms with E-state index in [1.54, 1.807) is 18.6 Å². The summed E-state index contributed by atoms with van der Waals surface area (Å²) in [6, 6.07) is 9.90. The van der Waals surface area contributed by atoms with Gasteiger partial charge in [0.1, 0.15) is 5.82 Å². The van der Waals surface area contributed by atoms with Crippen molar-refractivity contribution in [1.82, 2.24) is 14.9 Å². The second-order valence-electron chi connectivity index (χ2n) is 6.14. The summed E-state index contributed by atoms with van der Waals surface area (Å²) in [4.78, 5) is 10.7. The van der Waals surface area contributed by atoms with Crippen LogP contribution in [0.5, 0.6) is 0 Å². The van der Waals surface area contributed by atoms with Crippen LogP contribution in [-0.2, 0) is 0 Å². The number of hydrogen-bond donors (Lipinski definition) is 2. The van der Waals surface area contributed by atoms with Crippen molar-refractivity contribution in [2.75, 3.05) is 31.5 Å². The minimum Gasteiger partial charge on any atom is -0.387 e. The van der Waals surface area contributed by atoms with Gasteiger partial charge in [0.15, 0.2) is 0 Å². The van der Waals surface area contributed by atoms with Gasteiger partial charge in [0.05, 0.1) is 12.3 Å². The molecule has 1 aromatic heterocycles. The van der Waals surface area contributed by atoms with Gasteiger partial charge in [-0.15, -0.1) is 0 Å². The average Bonchev–Trinajstić information content (AvgIpc) is 2.63. The number of piperidine rings is 1. The maximum Gasteiger partial charge on any atom is 0.144 e. The number of anilines is 1. The first-order valence-corrected chi connectivity index (χ1v) is 8.26. The van der Waals surface area contributed by atoms with E-state index in [0.717, 1.165) is 43.9 Å². The molecule has 1 atom stereocenters. The lowest BCUT2D eigenvalue weighted by Crippen LogP contribution is -2.38. The summed E-state index contributed by atoms with van der Waals surface area (Å²) in [7, 11) is 0. The standard InChI is InChI=1S/C18H24N4O/c23-17(16-4-2-1-3-5-16)14-22-10-6-15(7-11-22)12-21-18-13-19-8-9-20-18/h1-5,8-9,13,15,17,23H,6-7,10-12,14H2,(H,20,21)/t17-/m0/s1. The third-order valence-electron chi connectivity index (χ3n) is 4.46. The molecular weight excluding hydrogens is 288 g/mol. The van der Waals surface area contributed by atoms with Crippen molar-refractivity contribution in [2.45, 2.75) is 18.9 Å². The Kier molecular flexibility index (Phi) is 5.56. The Morgan fingerprint density at radius 3 is 2.65 bits per heavy atom. The highest BCUT2D eigenvalue weighted by Crippen LogP contribution is 2.21. The maximum atomic E-state index is 10.3. The molecule has 5 heteroatoms. The number of benzene rings is 1. The molecule has 23 heavy (non-hydrogen) atoms. The summed E-state index contributed by atoms with van der Waals surface area (Å²) in [6.45, 7) is 3.73. The highest BCUT2D eigenvalue weighted by atomic mass is 16.3. The van der Waals surface area contributed by atoms with Gasteiger partial charge in [-0.1, -0.05) is 30.3 Å². The number of aromatic nitrogens is 2. The van der Waals surface area contributed by atoms with Gasteiger partial charge in [-0.3, -0.25) is 4.98 Å². The van der Waals surface area contributed by atoms with Crippen molar-refractivity contribution in [3.8, 4) is 0 Å². The van der Waals surface area contributed by atoms with Crippen molar-refractivity contribution in [3.05, 3.63) is 54.5 Å². The molecule has 5 nitrogen and oxygen atoms in total. The van der Waals surface area contributed by atoms with Crippen LogP contribution < -0.4 is 5.32 Å². The van der Waals surface area contributed by atoms with Crippen LogP contribution in [0.15, 0.2) is 48.9 Å². The minimum atomic E-state index is -0.398. The Labute approximate surface area is 137 Å². The number of nitrogens with zero attached hydrogens (tertiary/aromatic N) is 3. The molecule has 3 rings (SSSR count). The van der Waals surface area contributed by atoms with E-state index in [9.17, 15) is 5.11 Å². The van der Waals surface area contributed by atoms with Crippen molar-refractivity contribution in [2.24, 2.45) is 5.92 Å². The van der Waals surface area contributed by atoms with E-state index < -0.39 is 6.10 Å². The van der Waals surface area contributed by atoms with Gasteiger partial charge in [-0.2, -0.15) is 0 Å². The summed E-state index contributed by atoms with van der Waals surface area (Å²) < 4.78 is 0. The normalized spacial score (nSPS) is 17.8. The number of aliphatic hydroxyl groups excluding tert-OH is 1. The van der Waals surface area contributed by atoms with E-state index in [2.05, 4.69) is 20.2 Å². The Morgan fingerprint density at radius 2 is 1.96 bits per heavy atom. The van der Waals surface area contributed by atoms with Crippen LogP contribution in [0.4, 0.5) is 5.82 Å². The lowest BCUT2D eigenvalue weighted by Gasteiger charge is -2.33. The maximum absolute atomic E-state index is 10.3. The largest absolute Gasteiger partial charge is 0.387 e. The smallest absolute Gasteiger partial charge is 0.144 e. The summed E-state index contributed by atoms with van der Waals surface area (Å²) in [5.74, 6) is 1.50. The highest BCUT2D eigenvalue weighted by Gasteiger charge is 2.21. The molecule has 0 spiro atoms. The lowest BCUT2D eigenvalue weighted by atomic mass is 9.96. The Morgan fingerprint density at radius 1 is 1.17 bits per heavy atom. The molecule has 0 amide bonds. The first kappa shape index (κ1) is 15.9. The topological polar surface area (TPSA) is 61.3 Å². The molecule has 2 aromatic rings. The number of aliphatic hydroxyl groups is 1. The molecule has 0 saturated carbocycles. The third-order valence-corrected chi connectivity index (χ3v) is 4.46. The van der Waals surface area contributed by atoms with E-state index >= 15 is 0 Å². The van der Waals surface area contributed by atoms with Crippen LogP contribution in [0.1, 0.15) is 24.5 Å². The molecule has 122 valence electrons. The Bertz CT molecular complexity index is 570. The van der Waals surface area contributed by atoms with Gasteiger partial charge in [0.25, 0.3) is 0 Å². The van der Waals surface area contributed by atoms with E-state index in [0.29, 0.717) is 12.5 Å². The van der Waals surface area contributed by atoms with Gasteiger partial charge in [-0.05, 0) is 37.4 Å². The zero-order valence-electron chi connectivity index (χ0n) is 13.3. The van der Waals surface area contributed by atoms with Gasteiger partial charge in [-0.25, -0.2) is 4.98 Å². The van der Waals surface area contributed by atoms with Gasteiger partial charge >= 0.3 is 0 Å². The predicted molar refractivity (Wildman–Crippen MR) is 91.1 cm³/mol. The molecule has 2 N–H and O–H groups in total. The van der Waals surface area contributed by atoms with Gasteiger partial charge in [0.2, 0.25) is 0 Å². The molecule has 1 aliphatic heterocycles. The summed E-state index contributed by atoms with van der Waals surface area (Å²) >= 11 is 0. The Balaban J connectivity index is 1.40.